The van der Waals surface area contributed by atoms with Crippen molar-refractivity contribution in [3.05, 3.63) is 78.8 Å². The van der Waals surface area contributed by atoms with Gasteiger partial charge in [-0.15, -0.1) is 0 Å². The number of imidazole rings is 1. The molecule has 0 radical (unpaired) electrons. The molecule has 0 bridgehead atoms. The Hall–Kier alpha value is -3.54. The second-order valence-corrected chi connectivity index (χ2v) is 9.65. The molecule has 33 heavy (non-hydrogen) atoms. The number of hydrogen-bond donors (Lipinski definition) is 0. The molecule has 5 aromatic rings. The van der Waals surface area contributed by atoms with E-state index in [1.165, 1.54) is 48.7 Å². The molecular weight excluding hydrogens is 408 g/mol. The molecule has 0 saturated heterocycles. The number of rotatable bonds is 4. The van der Waals surface area contributed by atoms with Crippen molar-refractivity contribution in [3.8, 4) is 11.1 Å². The van der Waals surface area contributed by atoms with Crippen molar-refractivity contribution < 1.29 is 0 Å². The lowest BCUT2D eigenvalue weighted by molar-refractivity contribution is 0.329. The van der Waals surface area contributed by atoms with Crippen LogP contribution in [-0.4, -0.2) is 29.1 Å². The summed E-state index contributed by atoms with van der Waals surface area (Å²) >= 11 is 0. The van der Waals surface area contributed by atoms with Crippen LogP contribution in [0, 0.1) is 0 Å². The number of aromatic nitrogens is 6. The summed E-state index contributed by atoms with van der Waals surface area (Å²) in [4.78, 5) is 13.8. The maximum Gasteiger partial charge on any atom is 0.233 e. The number of nitrogens with zero attached hydrogens (tertiary/aromatic N) is 6. The van der Waals surface area contributed by atoms with E-state index < -0.39 is 0 Å². The van der Waals surface area contributed by atoms with Gasteiger partial charge in [-0.2, -0.15) is 5.10 Å². The van der Waals surface area contributed by atoms with E-state index in [1.54, 1.807) is 0 Å². The van der Waals surface area contributed by atoms with Crippen LogP contribution < -0.4 is 0 Å². The first-order chi connectivity index (χ1) is 16.3. The minimum absolute atomic E-state index is 0.00394. The predicted octanol–water partition coefficient (Wildman–Crippen LogP) is 5.73. The lowest BCUT2D eigenvalue weighted by Crippen LogP contribution is -2.13. The van der Waals surface area contributed by atoms with Crippen molar-refractivity contribution in [2.45, 2.75) is 56.4 Å². The van der Waals surface area contributed by atoms with Gasteiger partial charge in [0.15, 0.2) is 0 Å². The highest BCUT2D eigenvalue weighted by Gasteiger charge is 2.48. The molecular formula is C27H26N6. The van der Waals surface area contributed by atoms with Crippen molar-refractivity contribution in [2.24, 2.45) is 0 Å². The van der Waals surface area contributed by atoms with E-state index >= 15 is 0 Å². The van der Waals surface area contributed by atoms with Crippen LogP contribution >= 0.6 is 0 Å². The largest absolute Gasteiger partial charge is 0.287 e. The molecule has 2 fully saturated rings. The zero-order valence-corrected chi connectivity index (χ0v) is 18.6. The molecule has 4 aromatic heterocycles. The van der Waals surface area contributed by atoms with Gasteiger partial charge in [0.05, 0.1) is 29.6 Å². The molecule has 0 N–H and O–H groups in total. The van der Waals surface area contributed by atoms with E-state index in [0.29, 0.717) is 6.04 Å². The zero-order chi connectivity index (χ0) is 21.8. The number of hydrogen-bond acceptors (Lipinski definition) is 4. The molecule has 2 aliphatic rings. The summed E-state index contributed by atoms with van der Waals surface area (Å²) in [5, 5.41) is 5.89. The van der Waals surface area contributed by atoms with Crippen molar-refractivity contribution >= 4 is 16.7 Å². The van der Waals surface area contributed by atoms with Gasteiger partial charge in [-0.05, 0) is 49.4 Å². The van der Waals surface area contributed by atoms with Gasteiger partial charge < -0.3 is 0 Å². The number of pyridine rings is 1. The number of benzene rings is 1. The summed E-state index contributed by atoms with van der Waals surface area (Å²) in [6.07, 6.45) is 20.8. The highest BCUT2D eigenvalue weighted by atomic mass is 15.3. The van der Waals surface area contributed by atoms with E-state index in [9.17, 15) is 0 Å². The minimum Gasteiger partial charge on any atom is -0.287 e. The lowest BCUT2D eigenvalue weighted by atomic mass is 9.91. The molecule has 0 unspecified atom stereocenters. The first kappa shape index (κ1) is 19.0. The SMILES string of the molecule is c1cnc2ccc(C3(c4cnc5ncc(-c6cnn(C7CCCCC7)c6)cn45)CC3)cc2c1. The van der Waals surface area contributed by atoms with Crippen LogP contribution in [0.15, 0.2) is 67.5 Å². The molecule has 1 aromatic carbocycles. The molecule has 0 amide bonds. The van der Waals surface area contributed by atoms with E-state index in [1.807, 2.05) is 30.9 Å². The van der Waals surface area contributed by atoms with Crippen LogP contribution in [-0.2, 0) is 5.41 Å². The Bertz CT molecular complexity index is 1470. The van der Waals surface area contributed by atoms with Crippen molar-refractivity contribution in [1.82, 2.24) is 29.1 Å². The molecule has 164 valence electrons. The van der Waals surface area contributed by atoms with E-state index in [4.69, 9.17) is 5.10 Å². The Morgan fingerprint density at radius 1 is 0.848 bits per heavy atom. The molecule has 6 nitrogen and oxygen atoms in total. The van der Waals surface area contributed by atoms with Gasteiger partial charge in [-0.1, -0.05) is 31.4 Å². The summed E-state index contributed by atoms with van der Waals surface area (Å²) in [6.45, 7) is 0. The molecule has 0 aliphatic heterocycles. The van der Waals surface area contributed by atoms with Crippen LogP contribution in [0.25, 0.3) is 27.8 Å². The fourth-order valence-corrected chi connectivity index (χ4v) is 5.60. The predicted molar refractivity (Wildman–Crippen MR) is 128 cm³/mol. The highest BCUT2D eigenvalue weighted by molar-refractivity contribution is 5.79. The van der Waals surface area contributed by atoms with Gasteiger partial charge >= 0.3 is 0 Å². The van der Waals surface area contributed by atoms with Gasteiger partial charge in [0.2, 0.25) is 5.78 Å². The third kappa shape index (κ3) is 3.08. The maximum absolute atomic E-state index is 4.70. The fourth-order valence-electron chi connectivity index (χ4n) is 5.60. The summed E-state index contributed by atoms with van der Waals surface area (Å²) in [5.41, 5.74) is 5.79. The molecule has 2 saturated carbocycles. The van der Waals surface area contributed by atoms with Crippen LogP contribution in [0.5, 0.6) is 0 Å². The zero-order valence-electron chi connectivity index (χ0n) is 18.6. The fraction of sp³-hybridized carbons (Fsp3) is 0.333. The Morgan fingerprint density at radius 2 is 1.70 bits per heavy atom. The summed E-state index contributed by atoms with van der Waals surface area (Å²) in [5.74, 6) is 0.752. The van der Waals surface area contributed by atoms with Gasteiger partial charge in [0, 0.05) is 46.7 Å². The smallest absolute Gasteiger partial charge is 0.233 e. The molecule has 4 heterocycles. The Labute approximate surface area is 192 Å². The van der Waals surface area contributed by atoms with Gasteiger partial charge in [-0.25, -0.2) is 9.97 Å². The van der Waals surface area contributed by atoms with Crippen LogP contribution in [0.1, 0.15) is 62.2 Å². The first-order valence-electron chi connectivity index (χ1n) is 12.0. The summed E-state index contributed by atoms with van der Waals surface area (Å²) < 4.78 is 4.35. The van der Waals surface area contributed by atoms with E-state index in [-0.39, 0.29) is 5.41 Å². The van der Waals surface area contributed by atoms with Crippen LogP contribution in [0.4, 0.5) is 0 Å². The third-order valence-electron chi connectivity index (χ3n) is 7.64. The maximum atomic E-state index is 4.70. The summed E-state index contributed by atoms with van der Waals surface area (Å²) in [7, 11) is 0. The third-order valence-corrected chi connectivity index (χ3v) is 7.64. The lowest BCUT2D eigenvalue weighted by Gasteiger charge is -2.21. The van der Waals surface area contributed by atoms with Gasteiger partial charge in [0.1, 0.15) is 0 Å². The normalized spacial score (nSPS) is 18.2. The van der Waals surface area contributed by atoms with Crippen LogP contribution in [0.2, 0.25) is 0 Å². The Balaban J connectivity index is 1.28. The molecule has 2 aliphatic carbocycles. The first-order valence-corrected chi connectivity index (χ1v) is 12.0. The molecule has 7 rings (SSSR count). The minimum atomic E-state index is -0.00394. The number of fused-ring (bicyclic) bond motifs is 2. The molecule has 0 atom stereocenters. The second-order valence-electron chi connectivity index (χ2n) is 9.65. The van der Waals surface area contributed by atoms with Crippen molar-refractivity contribution in [2.75, 3.05) is 0 Å². The van der Waals surface area contributed by atoms with Gasteiger partial charge in [0.25, 0.3) is 0 Å². The Morgan fingerprint density at radius 3 is 2.58 bits per heavy atom. The molecule has 6 heteroatoms. The van der Waals surface area contributed by atoms with Crippen molar-refractivity contribution in [1.29, 1.82) is 0 Å². The quantitative estimate of drug-likeness (QED) is 0.363. The van der Waals surface area contributed by atoms with E-state index in [2.05, 4.69) is 60.7 Å². The monoisotopic (exact) mass is 434 g/mol. The average Bonchev–Trinajstić information content (AvgIpc) is 3.33. The average molecular weight is 435 g/mol. The van der Waals surface area contributed by atoms with Gasteiger partial charge in [-0.3, -0.25) is 14.1 Å². The standard InChI is InChI=1S/C27H26N6/c1-2-6-23(7-3-1)33-18-21(15-31-33)20-14-29-26-30-16-25(32(26)17-20)27(10-11-27)22-8-9-24-19(13-22)5-4-12-28-24/h4-5,8-9,12-18,23H,1-3,6-7,10-11H2. The highest BCUT2D eigenvalue weighted by Crippen LogP contribution is 2.53. The van der Waals surface area contributed by atoms with E-state index in [0.717, 1.165) is 35.3 Å². The molecule has 0 spiro atoms. The van der Waals surface area contributed by atoms with Crippen LogP contribution in [0.3, 0.4) is 0 Å². The second kappa shape index (κ2) is 7.24. The summed E-state index contributed by atoms with van der Waals surface area (Å²) in [6, 6.07) is 11.3. The topological polar surface area (TPSA) is 60.9 Å². The Kier molecular flexibility index (Phi) is 4.16. The van der Waals surface area contributed by atoms with Crippen molar-refractivity contribution in [3.63, 3.8) is 0 Å².